The minimum Gasteiger partial charge on any atom is -0.488 e. The Hall–Kier alpha value is -0.940. The molecule has 2 nitrogen and oxygen atoms in total. The van der Waals surface area contributed by atoms with Gasteiger partial charge in [0.25, 0.3) is 0 Å². The summed E-state index contributed by atoms with van der Waals surface area (Å²) in [6, 6.07) is 5.31. The molecule has 0 bridgehead atoms. The second-order valence-electron chi connectivity index (χ2n) is 3.73. The van der Waals surface area contributed by atoms with Crippen molar-refractivity contribution in [2.75, 3.05) is 13.1 Å². The number of rotatable bonds is 2. The Balaban J connectivity index is 0.00000144. The SMILES string of the molecule is Cl.FC(F)(F)c1ccccc1OC1CCNC1. The van der Waals surface area contributed by atoms with E-state index in [-0.39, 0.29) is 24.3 Å². The maximum Gasteiger partial charge on any atom is 0.419 e. The summed E-state index contributed by atoms with van der Waals surface area (Å²) in [6.45, 7) is 1.39. The van der Waals surface area contributed by atoms with Gasteiger partial charge in [0.15, 0.2) is 0 Å². The molecule has 1 aromatic rings. The summed E-state index contributed by atoms with van der Waals surface area (Å²) in [5.74, 6) is -0.0799. The van der Waals surface area contributed by atoms with Crippen LogP contribution in [0, 0.1) is 0 Å². The van der Waals surface area contributed by atoms with Gasteiger partial charge in [-0.3, -0.25) is 0 Å². The van der Waals surface area contributed by atoms with Gasteiger partial charge in [0, 0.05) is 6.54 Å². The normalized spacial score (nSPS) is 19.8. The predicted molar refractivity (Wildman–Crippen MR) is 60.6 cm³/mol. The number of alkyl halides is 3. The average Bonchev–Trinajstić information content (AvgIpc) is 2.70. The molecule has 17 heavy (non-hydrogen) atoms. The fourth-order valence-electron chi connectivity index (χ4n) is 1.71. The zero-order valence-corrected chi connectivity index (χ0v) is 9.77. The maximum absolute atomic E-state index is 12.6. The summed E-state index contributed by atoms with van der Waals surface area (Å²) in [4.78, 5) is 0. The number of ether oxygens (including phenoxy) is 1. The van der Waals surface area contributed by atoms with Gasteiger partial charge in [0.05, 0.1) is 5.56 Å². The molecule has 0 aromatic heterocycles. The number of hydrogen-bond donors (Lipinski definition) is 1. The third-order valence-electron chi connectivity index (χ3n) is 2.50. The Kier molecular flexibility index (Phi) is 4.65. The second kappa shape index (κ2) is 5.60. The molecular formula is C11H13ClF3NO. The van der Waals surface area contributed by atoms with Gasteiger partial charge in [-0.15, -0.1) is 12.4 Å². The molecule has 1 atom stereocenters. The Morgan fingerprint density at radius 2 is 1.94 bits per heavy atom. The summed E-state index contributed by atoms with van der Waals surface area (Å²) in [5, 5.41) is 3.04. The Morgan fingerprint density at radius 1 is 1.24 bits per heavy atom. The first-order chi connectivity index (χ1) is 7.57. The van der Waals surface area contributed by atoms with Gasteiger partial charge >= 0.3 is 6.18 Å². The predicted octanol–water partition coefficient (Wildman–Crippen LogP) is 2.87. The van der Waals surface area contributed by atoms with Crippen molar-refractivity contribution < 1.29 is 17.9 Å². The molecule has 0 amide bonds. The highest BCUT2D eigenvalue weighted by molar-refractivity contribution is 5.85. The van der Waals surface area contributed by atoms with Crippen LogP contribution in [0.4, 0.5) is 13.2 Å². The number of hydrogen-bond acceptors (Lipinski definition) is 2. The van der Waals surface area contributed by atoms with Crippen LogP contribution < -0.4 is 10.1 Å². The molecule has 96 valence electrons. The molecular weight excluding hydrogens is 255 g/mol. The van der Waals surface area contributed by atoms with Gasteiger partial charge in [-0.1, -0.05) is 12.1 Å². The van der Waals surface area contributed by atoms with Crippen LogP contribution in [-0.2, 0) is 6.18 Å². The first kappa shape index (κ1) is 14.1. The summed E-state index contributed by atoms with van der Waals surface area (Å²) < 4.78 is 43.2. The molecule has 1 heterocycles. The molecule has 1 aliphatic heterocycles. The van der Waals surface area contributed by atoms with Crippen molar-refractivity contribution in [3.05, 3.63) is 29.8 Å². The van der Waals surface area contributed by atoms with Crippen LogP contribution in [0.1, 0.15) is 12.0 Å². The Labute approximate surface area is 104 Å². The fraction of sp³-hybridized carbons (Fsp3) is 0.455. The maximum atomic E-state index is 12.6. The lowest BCUT2D eigenvalue weighted by molar-refractivity contribution is -0.139. The third kappa shape index (κ3) is 3.51. The van der Waals surface area contributed by atoms with E-state index in [2.05, 4.69) is 5.32 Å². The minimum atomic E-state index is -4.36. The molecule has 1 saturated heterocycles. The Bertz CT molecular complexity index is 364. The molecule has 0 aliphatic carbocycles. The highest BCUT2D eigenvalue weighted by Crippen LogP contribution is 2.36. The molecule has 1 N–H and O–H groups in total. The highest BCUT2D eigenvalue weighted by Gasteiger charge is 2.34. The third-order valence-corrected chi connectivity index (χ3v) is 2.50. The molecule has 1 aromatic carbocycles. The molecule has 0 spiro atoms. The van der Waals surface area contributed by atoms with Crippen LogP contribution in [0.3, 0.4) is 0 Å². The van der Waals surface area contributed by atoms with Crippen LogP contribution in [0.2, 0.25) is 0 Å². The fourth-order valence-corrected chi connectivity index (χ4v) is 1.71. The lowest BCUT2D eigenvalue weighted by atomic mass is 10.2. The monoisotopic (exact) mass is 267 g/mol. The highest BCUT2D eigenvalue weighted by atomic mass is 35.5. The smallest absolute Gasteiger partial charge is 0.419 e. The van der Waals surface area contributed by atoms with Crippen molar-refractivity contribution in [2.45, 2.75) is 18.7 Å². The lowest BCUT2D eigenvalue weighted by Gasteiger charge is -2.17. The van der Waals surface area contributed by atoms with Crippen molar-refractivity contribution in [3.8, 4) is 5.75 Å². The first-order valence-corrected chi connectivity index (χ1v) is 5.11. The topological polar surface area (TPSA) is 21.3 Å². The zero-order valence-electron chi connectivity index (χ0n) is 8.96. The van der Waals surface area contributed by atoms with Crippen molar-refractivity contribution in [1.82, 2.24) is 5.32 Å². The van der Waals surface area contributed by atoms with E-state index in [1.54, 1.807) is 6.07 Å². The van der Waals surface area contributed by atoms with E-state index in [1.807, 2.05) is 0 Å². The minimum absolute atomic E-state index is 0. The van der Waals surface area contributed by atoms with Gasteiger partial charge < -0.3 is 10.1 Å². The van der Waals surface area contributed by atoms with Gasteiger partial charge in [-0.25, -0.2) is 0 Å². The van der Waals surface area contributed by atoms with Crippen LogP contribution >= 0.6 is 12.4 Å². The van der Waals surface area contributed by atoms with Gasteiger partial charge in [-0.2, -0.15) is 13.2 Å². The van der Waals surface area contributed by atoms with E-state index in [0.29, 0.717) is 6.54 Å². The van der Waals surface area contributed by atoms with Crippen LogP contribution in [-0.4, -0.2) is 19.2 Å². The summed E-state index contributed by atoms with van der Waals surface area (Å²) in [7, 11) is 0. The molecule has 0 saturated carbocycles. The van der Waals surface area contributed by atoms with Crippen LogP contribution in [0.25, 0.3) is 0 Å². The van der Waals surface area contributed by atoms with E-state index in [0.717, 1.165) is 19.0 Å². The molecule has 1 unspecified atom stereocenters. The van der Waals surface area contributed by atoms with Gasteiger partial charge in [0.1, 0.15) is 11.9 Å². The number of halogens is 4. The standard InChI is InChI=1S/C11H12F3NO.ClH/c12-11(13,14)9-3-1-2-4-10(9)16-8-5-6-15-7-8;/h1-4,8,15H,5-7H2;1H. The van der Waals surface area contributed by atoms with E-state index in [4.69, 9.17) is 4.74 Å². The van der Waals surface area contributed by atoms with Crippen molar-refractivity contribution >= 4 is 12.4 Å². The van der Waals surface area contributed by atoms with E-state index >= 15 is 0 Å². The largest absolute Gasteiger partial charge is 0.488 e. The molecule has 1 fully saturated rings. The van der Waals surface area contributed by atoms with E-state index < -0.39 is 11.7 Å². The molecule has 1 aliphatic rings. The zero-order chi connectivity index (χ0) is 11.6. The Morgan fingerprint density at radius 3 is 2.53 bits per heavy atom. The van der Waals surface area contributed by atoms with Crippen molar-refractivity contribution in [2.24, 2.45) is 0 Å². The lowest BCUT2D eigenvalue weighted by Crippen LogP contribution is -2.21. The van der Waals surface area contributed by atoms with Crippen LogP contribution in [0.5, 0.6) is 5.75 Å². The number of nitrogens with one attached hydrogen (secondary N) is 1. The summed E-state index contributed by atoms with van der Waals surface area (Å²) in [6.07, 6.45) is -3.78. The van der Waals surface area contributed by atoms with Gasteiger partial charge in [-0.05, 0) is 25.1 Å². The molecule has 0 radical (unpaired) electrons. The average molecular weight is 268 g/mol. The number of para-hydroxylation sites is 1. The number of benzene rings is 1. The quantitative estimate of drug-likeness (QED) is 0.890. The molecule has 2 rings (SSSR count). The van der Waals surface area contributed by atoms with Crippen LogP contribution in [0.15, 0.2) is 24.3 Å². The van der Waals surface area contributed by atoms with E-state index in [9.17, 15) is 13.2 Å². The van der Waals surface area contributed by atoms with Gasteiger partial charge in [0.2, 0.25) is 0 Å². The first-order valence-electron chi connectivity index (χ1n) is 5.11. The van der Waals surface area contributed by atoms with E-state index in [1.165, 1.54) is 12.1 Å². The summed E-state index contributed by atoms with van der Waals surface area (Å²) in [5.41, 5.74) is -0.707. The van der Waals surface area contributed by atoms with Crippen molar-refractivity contribution in [1.29, 1.82) is 0 Å². The second-order valence-corrected chi connectivity index (χ2v) is 3.73. The summed E-state index contributed by atoms with van der Waals surface area (Å²) >= 11 is 0. The van der Waals surface area contributed by atoms with Crippen molar-refractivity contribution in [3.63, 3.8) is 0 Å². The molecule has 6 heteroatoms.